The second kappa shape index (κ2) is 6.62. The maximum absolute atomic E-state index is 10.2. The van der Waals surface area contributed by atoms with Crippen LogP contribution < -0.4 is 4.74 Å². The van der Waals surface area contributed by atoms with Crippen molar-refractivity contribution in [3.8, 4) is 24.0 Å². The molecule has 3 saturated heterocycles. The normalized spacial score (nSPS) is 33.9. The molecule has 0 amide bonds. The maximum atomic E-state index is 10.2. The lowest BCUT2D eigenvalue weighted by atomic mass is 9.48. The van der Waals surface area contributed by atoms with E-state index in [0.717, 1.165) is 12.8 Å². The van der Waals surface area contributed by atoms with Crippen molar-refractivity contribution in [1.29, 1.82) is 21.2 Å². The van der Waals surface area contributed by atoms with Gasteiger partial charge in [-0.1, -0.05) is 31.2 Å². The molecule has 0 radical (unpaired) electrons. The number of benzene rings is 1. The van der Waals surface area contributed by atoms with Gasteiger partial charge < -0.3 is 14.2 Å². The molecule has 0 unspecified atom stereocenters. The number of nitrogens with one attached hydrogen (secondary N) is 1. The van der Waals surface area contributed by atoms with Crippen LogP contribution in [0.3, 0.4) is 0 Å². The maximum Gasteiger partial charge on any atom is 0.218 e. The monoisotopic (exact) mass is 388 g/mol. The van der Waals surface area contributed by atoms with Crippen molar-refractivity contribution < 1.29 is 14.2 Å². The van der Waals surface area contributed by atoms with Gasteiger partial charge in [-0.2, -0.15) is 15.8 Å². The highest BCUT2D eigenvalue weighted by Gasteiger charge is 2.80. The first kappa shape index (κ1) is 19.0. The molecule has 4 fully saturated rings. The van der Waals surface area contributed by atoms with Crippen molar-refractivity contribution in [1.82, 2.24) is 0 Å². The molecule has 4 atom stereocenters. The van der Waals surface area contributed by atoms with Gasteiger partial charge in [-0.15, -0.1) is 0 Å². The van der Waals surface area contributed by atoms with E-state index in [1.54, 1.807) is 30.3 Å². The molecule has 1 aliphatic carbocycles. The fraction of sp³-hybridized carbons (Fsp3) is 0.455. The van der Waals surface area contributed by atoms with Crippen LogP contribution in [-0.2, 0) is 9.47 Å². The smallest absolute Gasteiger partial charge is 0.218 e. The van der Waals surface area contributed by atoms with E-state index in [1.807, 2.05) is 0 Å². The van der Waals surface area contributed by atoms with Gasteiger partial charge in [-0.3, -0.25) is 5.41 Å². The molecule has 5 rings (SSSR count). The van der Waals surface area contributed by atoms with Crippen LogP contribution in [0.1, 0.15) is 37.4 Å². The summed E-state index contributed by atoms with van der Waals surface area (Å²) in [6.45, 7) is 3.97. The first-order valence-electron chi connectivity index (χ1n) is 9.57. The zero-order chi connectivity index (χ0) is 20.7. The summed E-state index contributed by atoms with van der Waals surface area (Å²) in [5.41, 5.74) is -2.97. The van der Waals surface area contributed by atoms with Crippen LogP contribution in [0.25, 0.3) is 0 Å². The van der Waals surface area contributed by atoms with Gasteiger partial charge in [-0.25, -0.2) is 0 Å². The zero-order valence-corrected chi connectivity index (χ0v) is 15.9. The molecule has 2 bridgehead atoms. The Kier molecular flexibility index (Phi) is 4.34. The molecule has 0 aromatic heterocycles. The summed E-state index contributed by atoms with van der Waals surface area (Å²) in [5, 5.41) is 39.1. The molecule has 146 valence electrons. The van der Waals surface area contributed by atoms with Gasteiger partial charge in [0.2, 0.25) is 11.7 Å². The summed E-state index contributed by atoms with van der Waals surface area (Å²) in [4.78, 5) is 0. The standard InChI is InChI=1S/C22H20N4O3/c1-2-11-27-16-8-6-15(7-9-16)18-21(14-25)19(26)29-22(28-18)10-4-3-5-17(22)20(21,12-23)13-24/h2,6-9,17-18,26H,1,3-5,10-11H2/t17-,18-,21-,22-/m1/s1. The van der Waals surface area contributed by atoms with Crippen molar-refractivity contribution in [2.75, 3.05) is 6.61 Å². The van der Waals surface area contributed by atoms with E-state index < -0.39 is 28.6 Å². The molecule has 1 spiro atoms. The average molecular weight is 388 g/mol. The van der Waals surface area contributed by atoms with Crippen LogP contribution in [-0.4, -0.2) is 18.3 Å². The van der Waals surface area contributed by atoms with Gasteiger partial charge in [0.15, 0.2) is 10.8 Å². The molecule has 1 aromatic rings. The number of nitriles is 3. The number of rotatable bonds is 4. The molecule has 7 nitrogen and oxygen atoms in total. The van der Waals surface area contributed by atoms with Crippen LogP contribution in [0.2, 0.25) is 0 Å². The van der Waals surface area contributed by atoms with Crippen molar-refractivity contribution in [2.45, 2.75) is 37.6 Å². The Morgan fingerprint density at radius 2 is 1.90 bits per heavy atom. The molecular weight excluding hydrogens is 368 g/mol. The summed E-state index contributed by atoms with van der Waals surface area (Å²) in [5.74, 6) is -1.56. The lowest BCUT2D eigenvalue weighted by molar-refractivity contribution is -0.360. The Morgan fingerprint density at radius 1 is 1.17 bits per heavy atom. The van der Waals surface area contributed by atoms with E-state index in [1.165, 1.54) is 0 Å². The largest absolute Gasteiger partial charge is 0.490 e. The van der Waals surface area contributed by atoms with E-state index in [2.05, 4.69) is 24.8 Å². The highest BCUT2D eigenvalue weighted by molar-refractivity contribution is 5.89. The molecule has 1 N–H and O–H groups in total. The number of ether oxygens (including phenoxy) is 3. The zero-order valence-electron chi connectivity index (χ0n) is 15.9. The van der Waals surface area contributed by atoms with Gasteiger partial charge >= 0.3 is 0 Å². The number of nitrogens with zero attached hydrogens (tertiary/aromatic N) is 3. The molecule has 4 aliphatic rings. The van der Waals surface area contributed by atoms with Gasteiger partial charge in [0.05, 0.1) is 24.1 Å². The quantitative estimate of drug-likeness (QED) is 0.783. The van der Waals surface area contributed by atoms with E-state index >= 15 is 0 Å². The Bertz CT molecular complexity index is 969. The number of hydrogen-bond acceptors (Lipinski definition) is 7. The van der Waals surface area contributed by atoms with Crippen LogP contribution >= 0.6 is 0 Å². The van der Waals surface area contributed by atoms with Crippen molar-refractivity contribution in [3.63, 3.8) is 0 Å². The van der Waals surface area contributed by atoms with Crippen molar-refractivity contribution in [3.05, 3.63) is 42.5 Å². The minimum Gasteiger partial charge on any atom is -0.490 e. The van der Waals surface area contributed by atoms with Crippen LogP contribution in [0, 0.1) is 56.2 Å². The van der Waals surface area contributed by atoms with Crippen LogP contribution in [0.15, 0.2) is 36.9 Å². The summed E-state index contributed by atoms with van der Waals surface area (Å²) >= 11 is 0. The van der Waals surface area contributed by atoms with Crippen molar-refractivity contribution >= 4 is 5.90 Å². The molecule has 3 heterocycles. The van der Waals surface area contributed by atoms with Crippen LogP contribution in [0.5, 0.6) is 5.75 Å². The summed E-state index contributed by atoms with van der Waals surface area (Å²) < 4.78 is 17.7. The van der Waals surface area contributed by atoms with Crippen LogP contribution in [0.4, 0.5) is 0 Å². The SMILES string of the molecule is C=CCOc1ccc([C@H]2O[C@@]34CCCC[C@@H]3C(C#N)(C#N)[C@@]2(C#N)C(=N)O4)cc1. The number of hydrogen-bond donors (Lipinski definition) is 1. The van der Waals surface area contributed by atoms with Gasteiger partial charge in [0.25, 0.3) is 0 Å². The second-order valence-electron chi connectivity index (χ2n) is 7.66. The molecule has 1 aromatic carbocycles. The molecule has 1 saturated carbocycles. The van der Waals surface area contributed by atoms with E-state index in [9.17, 15) is 15.8 Å². The highest BCUT2D eigenvalue weighted by atomic mass is 16.7. The van der Waals surface area contributed by atoms with Gasteiger partial charge in [0, 0.05) is 6.42 Å². The van der Waals surface area contributed by atoms with E-state index in [0.29, 0.717) is 30.8 Å². The van der Waals surface area contributed by atoms with E-state index in [4.69, 9.17) is 19.6 Å². The summed E-state index contributed by atoms with van der Waals surface area (Å²) in [6.07, 6.45) is 3.31. The molecule has 7 heteroatoms. The molecular formula is C22H20N4O3. The lowest BCUT2D eigenvalue weighted by Crippen LogP contribution is -2.73. The Labute approximate surface area is 169 Å². The first-order chi connectivity index (χ1) is 14.0. The minimum atomic E-state index is -1.84. The fourth-order valence-corrected chi connectivity index (χ4v) is 5.04. The fourth-order valence-electron chi connectivity index (χ4n) is 5.04. The Hall–Kier alpha value is -3.34. The Morgan fingerprint density at radius 3 is 2.52 bits per heavy atom. The molecule has 3 aliphatic heterocycles. The average Bonchev–Trinajstić information content (AvgIpc) is 2.76. The lowest BCUT2D eigenvalue weighted by Gasteiger charge is -2.63. The second-order valence-corrected chi connectivity index (χ2v) is 7.66. The first-order valence-corrected chi connectivity index (χ1v) is 9.57. The summed E-state index contributed by atoms with van der Waals surface area (Å²) in [6, 6.07) is 13.3. The summed E-state index contributed by atoms with van der Waals surface area (Å²) in [7, 11) is 0. The Balaban J connectivity index is 1.87. The van der Waals surface area contributed by atoms with Crippen molar-refractivity contribution in [2.24, 2.45) is 16.7 Å². The van der Waals surface area contributed by atoms with E-state index in [-0.39, 0.29) is 5.90 Å². The third-order valence-electron chi connectivity index (χ3n) is 6.37. The predicted molar refractivity (Wildman–Crippen MR) is 101 cm³/mol. The third-order valence-corrected chi connectivity index (χ3v) is 6.37. The topological polar surface area (TPSA) is 123 Å². The minimum absolute atomic E-state index is 0.357. The van der Waals surface area contributed by atoms with Gasteiger partial charge in [-0.05, 0) is 30.5 Å². The predicted octanol–water partition coefficient (Wildman–Crippen LogP) is 3.76. The number of fused-ring (bicyclic) bond motifs is 2. The third kappa shape index (κ3) is 2.27. The van der Waals surface area contributed by atoms with Gasteiger partial charge in [0.1, 0.15) is 18.5 Å². The highest BCUT2D eigenvalue weighted by Crippen LogP contribution is 2.69. The molecule has 29 heavy (non-hydrogen) atoms.